The third kappa shape index (κ3) is 304. The van der Waals surface area contributed by atoms with Crippen LogP contribution in [0.4, 0.5) is 0 Å². The summed E-state index contributed by atoms with van der Waals surface area (Å²) >= 11 is 0. The van der Waals surface area contributed by atoms with Gasteiger partial charge in [0.15, 0.2) is 0 Å². The van der Waals surface area contributed by atoms with Gasteiger partial charge in [0.2, 0.25) is 0 Å². The molecule has 0 amide bonds. The molecule has 0 heterocycles. The van der Waals surface area contributed by atoms with Gasteiger partial charge in [-0.25, -0.2) is 17.1 Å². The van der Waals surface area contributed by atoms with Crippen molar-refractivity contribution in [2.45, 2.75) is 0 Å². The van der Waals surface area contributed by atoms with Crippen LogP contribution in [0.25, 0.3) is 0 Å². The van der Waals surface area contributed by atoms with Gasteiger partial charge in [-0.1, -0.05) is 0 Å². The second kappa shape index (κ2) is 12.0. The van der Waals surface area contributed by atoms with Gasteiger partial charge < -0.3 is 30.6 Å². The van der Waals surface area contributed by atoms with Crippen molar-refractivity contribution < 1.29 is 39.7 Å². The zero-order chi connectivity index (χ0) is 7.15. The van der Waals surface area contributed by atoms with Gasteiger partial charge in [0.1, 0.15) is 0 Å². The molecule has 6 nitrogen and oxygen atoms in total. The summed E-state index contributed by atoms with van der Waals surface area (Å²) in [4.78, 5) is 35.3. The quantitative estimate of drug-likeness (QED) is 0.424. The van der Waals surface area contributed by atoms with Gasteiger partial charge in [0, 0.05) is 0 Å². The molecular weight excluding hydrogens is 346 g/mol. The molecule has 0 spiro atoms. The zero-order valence-corrected chi connectivity index (χ0v) is 8.20. The van der Waals surface area contributed by atoms with Crippen molar-refractivity contribution >= 4 is 17.1 Å². The summed E-state index contributed by atoms with van der Waals surface area (Å²) in [5.74, 6) is 0. The van der Waals surface area contributed by atoms with E-state index in [-0.39, 0.29) is 20.1 Å². The van der Waals surface area contributed by atoms with Crippen LogP contribution in [0.5, 0.6) is 0 Å². The smallest absolute Gasteiger partial charge is 0.830 e. The molecule has 0 aliphatic heterocycles. The Hall–Kier alpha value is 1.27. The maximum absolute atomic E-state index is 8.81. The molecule has 0 aliphatic rings. The predicted molar refractivity (Wildman–Crippen MR) is 22.2 cm³/mol. The molecule has 0 atom stereocenters. The molecular formula is H4IrN2O4P2. The Morgan fingerprint density at radius 2 is 0.778 bits per heavy atom. The van der Waals surface area contributed by atoms with E-state index in [4.69, 9.17) is 19.6 Å². The normalized spacial score (nSPS) is 8.00. The first-order chi connectivity index (χ1) is 3.46. The fourth-order valence-corrected chi connectivity index (χ4v) is 0. The Labute approximate surface area is 68.2 Å². The Balaban J connectivity index is -0.0000000720. The molecule has 0 aromatic rings. The third-order valence-electron chi connectivity index (χ3n) is 0. The average molecular weight is 350 g/mol. The molecule has 0 aliphatic carbocycles. The van der Waals surface area contributed by atoms with Crippen LogP contribution in [-0.2, 0) is 20.1 Å². The molecule has 0 aromatic heterocycles. The van der Waals surface area contributed by atoms with Crippen molar-refractivity contribution in [3.63, 3.8) is 0 Å². The summed E-state index contributed by atoms with van der Waals surface area (Å²) in [5.41, 5.74) is 8.13. The minimum atomic E-state index is -2.62. The van der Waals surface area contributed by atoms with E-state index in [9.17, 15) is 0 Å². The van der Waals surface area contributed by atoms with Gasteiger partial charge >= 0.3 is 20.1 Å². The van der Waals surface area contributed by atoms with Gasteiger partial charge in [-0.3, -0.25) is 0 Å². The van der Waals surface area contributed by atoms with Crippen molar-refractivity contribution in [2.75, 3.05) is 0 Å². The van der Waals surface area contributed by atoms with Gasteiger partial charge in [0.25, 0.3) is 0 Å². The van der Waals surface area contributed by atoms with E-state index in [0.29, 0.717) is 0 Å². The van der Waals surface area contributed by atoms with Crippen LogP contribution in [0.1, 0.15) is 0 Å². The number of nitrogens with two attached hydrogens (primary N) is 2. The average Bonchev–Trinajstić information content (AvgIpc) is 1.25. The molecule has 57 valence electrons. The Kier molecular flexibility index (Phi) is 22.3. The van der Waals surface area contributed by atoms with E-state index >= 15 is 0 Å². The molecule has 0 unspecified atom stereocenters. The fraction of sp³-hybridized carbons (Fsp3) is 0. The molecule has 1 radical (unpaired) electrons. The van der Waals surface area contributed by atoms with Crippen molar-refractivity contribution in [3.05, 3.63) is 0 Å². The molecule has 0 bridgehead atoms. The van der Waals surface area contributed by atoms with Crippen LogP contribution < -0.4 is 30.6 Å². The molecule has 0 rings (SSSR count). The van der Waals surface area contributed by atoms with Crippen molar-refractivity contribution in [3.8, 4) is 0 Å². The maximum atomic E-state index is 8.81. The molecule has 0 aromatic carbocycles. The largest absolute Gasteiger partial charge is 4.00 e. The Bertz CT molecular complexity index is 32.0. The van der Waals surface area contributed by atoms with Gasteiger partial charge in [0.05, 0.1) is 0 Å². The van der Waals surface area contributed by atoms with Crippen LogP contribution in [-0.4, -0.2) is 0 Å². The third-order valence-corrected chi connectivity index (χ3v) is 0. The summed E-state index contributed by atoms with van der Waals surface area (Å²) in [5, 5.41) is 0. The number of rotatable bonds is 0. The van der Waals surface area contributed by atoms with E-state index in [1.807, 2.05) is 0 Å². The number of hydrogen-bond acceptors (Lipinski definition) is 6. The van der Waals surface area contributed by atoms with E-state index in [1.54, 1.807) is 0 Å². The zero-order valence-electron chi connectivity index (χ0n) is 4.02. The summed E-state index contributed by atoms with van der Waals surface area (Å²) < 4.78 is 0. The Morgan fingerprint density at radius 3 is 0.778 bits per heavy atom. The summed E-state index contributed by atoms with van der Waals surface area (Å²) in [6, 6.07) is 0. The first-order valence-electron chi connectivity index (χ1n) is 1.25. The van der Waals surface area contributed by atoms with Crippen molar-refractivity contribution in [1.29, 1.82) is 0 Å². The second-order valence-corrected chi connectivity index (χ2v) is 1.71. The monoisotopic (exact) mass is 351 g/mol. The minimum absolute atomic E-state index is 0. The molecule has 0 saturated carbocycles. The summed E-state index contributed by atoms with van der Waals surface area (Å²) in [6.07, 6.45) is 0. The van der Waals surface area contributed by atoms with E-state index in [0.717, 1.165) is 0 Å². The summed E-state index contributed by atoms with van der Waals surface area (Å²) in [7, 11) is -5.24. The minimum Gasteiger partial charge on any atom is -0.830 e. The van der Waals surface area contributed by atoms with Crippen LogP contribution in [0.3, 0.4) is 0 Å². The van der Waals surface area contributed by atoms with Crippen LogP contribution >= 0.6 is 17.1 Å². The molecule has 9 heavy (non-hydrogen) atoms. The van der Waals surface area contributed by atoms with Gasteiger partial charge in [-0.15, -0.1) is 0 Å². The van der Waals surface area contributed by atoms with Crippen LogP contribution in [0, 0.1) is 0 Å². The standard InChI is InChI=1S/Ir.2H2NO2P/c;2*1-4(2)3/h;2*1H2/q+4;2*-2. The van der Waals surface area contributed by atoms with Crippen molar-refractivity contribution in [2.24, 2.45) is 11.0 Å². The number of hydrogen-bond donors (Lipinski definition) is 2. The van der Waals surface area contributed by atoms with E-state index in [1.165, 1.54) is 0 Å². The summed E-state index contributed by atoms with van der Waals surface area (Å²) in [6.45, 7) is 0. The van der Waals surface area contributed by atoms with Gasteiger partial charge in [-0.05, 0) is 0 Å². The SMILES string of the molecule is NP([O-])[O-].NP([O-])[O-].[Ir+4]. The molecule has 4 N–H and O–H groups in total. The predicted octanol–water partition coefficient (Wildman–Crippen LogP) is -4.22. The molecule has 0 fully saturated rings. The van der Waals surface area contributed by atoms with E-state index in [2.05, 4.69) is 11.0 Å². The second-order valence-electron chi connectivity index (χ2n) is 0.571. The first kappa shape index (κ1) is 16.7. The first-order valence-corrected chi connectivity index (χ1v) is 3.74. The Morgan fingerprint density at radius 1 is 0.778 bits per heavy atom. The van der Waals surface area contributed by atoms with Crippen molar-refractivity contribution in [1.82, 2.24) is 0 Å². The van der Waals surface area contributed by atoms with E-state index < -0.39 is 17.1 Å². The molecule has 9 heteroatoms. The fourth-order valence-electron chi connectivity index (χ4n) is 0. The molecule has 0 saturated heterocycles. The van der Waals surface area contributed by atoms with Gasteiger partial charge in [-0.2, -0.15) is 0 Å². The van der Waals surface area contributed by atoms with Crippen LogP contribution in [0.2, 0.25) is 0 Å². The maximum Gasteiger partial charge on any atom is 4.00 e. The van der Waals surface area contributed by atoms with Crippen LogP contribution in [0.15, 0.2) is 0 Å². The topological polar surface area (TPSA) is 144 Å².